The highest BCUT2D eigenvalue weighted by atomic mass is 32.1. The smallest absolute Gasteiger partial charge is 0.186 e. The van der Waals surface area contributed by atoms with E-state index in [0.29, 0.717) is 0 Å². The molecule has 0 bridgehead atoms. The van der Waals surface area contributed by atoms with E-state index >= 15 is 0 Å². The minimum Gasteiger partial charge on any atom is -0.399 e. The van der Waals surface area contributed by atoms with Gasteiger partial charge in [0.2, 0.25) is 0 Å². The van der Waals surface area contributed by atoms with E-state index in [1.54, 1.807) is 11.3 Å². The number of fused-ring (bicyclic) bond motifs is 1. The molecule has 0 aliphatic carbocycles. The lowest BCUT2D eigenvalue weighted by molar-refractivity contribution is 0.401. The highest BCUT2D eigenvalue weighted by Crippen LogP contribution is 2.29. The Morgan fingerprint density at radius 1 is 1.22 bits per heavy atom. The largest absolute Gasteiger partial charge is 0.399 e. The van der Waals surface area contributed by atoms with Crippen LogP contribution >= 0.6 is 11.3 Å². The Bertz CT molecular complexity index is 521. The predicted molar refractivity (Wildman–Crippen MR) is 80.5 cm³/mol. The fourth-order valence-electron chi connectivity index (χ4n) is 1.81. The van der Waals surface area contributed by atoms with Crippen molar-refractivity contribution in [3.63, 3.8) is 0 Å². The standard InChI is InChI=1S/C13H20N4S/c1-16(2)7-4-8-17(3)13-15-11-6-5-10(14)9-12(11)18-13/h5-6,9H,4,7-8,14H2,1-3H3. The molecule has 1 aromatic heterocycles. The molecule has 2 aromatic rings. The lowest BCUT2D eigenvalue weighted by Gasteiger charge is -2.17. The van der Waals surface area contributed by atoms with Gasteiger partial charge in [-0.1, -0.05) is 11.3 Å². The van der Waals surface area contributed by atoms with Crippen LogP contribution in [0.1, 0.15) is 6.42 Å². The molecule has 0 aliphatic rings. The van der Waals surface area contributed by atoms with E-state index in [0.717, 1.165) is 40.5 Å². The summed E-state index contributed by atoms with van der Waals surface area (Å²) >= 11 is 1.70. The molecule has 2 N–H and O–H groups in total. The predicted octanol–water partition coefficient (Wildman–Crippen LogP) is 2.27. The molecule has 0 saturated carbocycles. The van der Waals surface area contributed by atoms with Crippen LogP contribution in [0.2, 0.25) is 0 Å². The Hall–Kier alpha value is -1.33. The van der Waals surface area contributed by atoms with Crippen molar-refractivity contribution in [2.24, 2.45) is 0 Å². The second-order valence-electron chi connectivity index (χ2n) is 4.80. The second kappa shape index (κ2) is 5.54. The zero-order valence-corrected chi connectivity index (χ0v) is 12.0. The van der Waals surface area contributed by atoms with Crippen LogP contribution in [0.25, 0.3) is 10.2 Å². The maximum atomic E-state index is 5.78. The van der Waals surface area contributed by atoms with Gasteiger partial charge in [0.1, 0.15) is 0 Å². The average molecular weight is 264 g/mol. The van der Waals surface area contributed by atoms with Crippen molar-refractivity contribution in [2.45, 2.75) is 6.42 Å². The number of nitrogen functional groups attached to an aromatic ring is 1. The van der Waals surface area contributed by atoms with Crippen molar-refractivity contribution < 1.29 is 0 Å². The summed E-state index contributed by atoms with van der Waals surface area (Å²) in [5, 5.41) is 1.06. The Morgan fingerprint density at radius 3 is 2.72 bits per heavy atom. The Morgan fingerprint density at radius 2 is 2.00 bits per heavy atom. The van der Waals surface area contributed by atoms with E-state index in [1.165, 1.54) is 0 Å². The van der Waals surface area contributed by atoms with E-state index in [9.17, 15) is 0 Å². The molecule has 4 nitrogen and oxygen atoms in total. The van der Waals surface area contributed by atoms with Crippen molar-refractivity contribution >= 4 is 32.4 Å². The third-order valence-electron chi connectivity index (χ3n) is 2.83. The van der Waals surface area contributed by atoms with Crippen molar-refractivity contribution in [3.05, 3.63) is 18.2 Å². The first-order valence-electron chi connectivity index (χ1n) is 6.08. The first kappa shape index (κ1) is 13.1. The number of benzene rings is 1. The van der Waals surface area contributed by atoms with Gasteiger partial charge in [-0.2, -0.15) is 0 Å². The molecule has 0 unspecified atom stereocenters. The number of thiazole rings is 1. The summed E-state index contributed by atoms with van der Waals surface area (Å²) in [5.74, 6) is 0. The molecule has 1 aromatic carbocycles. The Kier molecular flexibility index (Phi) is 4.04. The van der Waals surface area contributed by atoms with Crippen LogP contribution in [0.4, 0.5) is 10.8 Å². The lowest BCUT2D eigenvalue weighted by atomic mass is 10.3. The van der Waals surface area contributed by atoms with Gasteiger partial charge >= 0.3 is 0 Å². The zero-order valence-electron chi connectivity index (χ0n) is 11.2. The molecule has 0 radical (unpaired) electrons. The molecule has 0 atom stereocenters. The topological polar surface area (TPSA) is 45.4 Å². The van der Waals surface area contributed by atoms with Crippen molar-refractivity contribution in [1.29, 1.82) is 0 Å². The van der Waals surface area contributed by atoms with Crippen molar-refractivity contribution in [1.82, 2.24) is 9.88 Å². The van der Waals surface area contributed by atoms with Gasteiger partial charge in [0, 0.05) is 19.3 Å². The van der Waals surface area contributed by atoms with Crippen LogP contribution in [0, 0.1) is 0 Å². The van der Waals surface area contributed by atoms with Crippen LogP contribution < -0.4 is 10.6 Å². The van der Waals surface area contributed by atoms with Crippen LogP contribution in [0.15, 0.2) is 18.2 Å². The number of nitrogens with two attached hydrogens (primary N) is 1. The van der Waals surface area contributed by atoms with Gasteiger partial charge in [-0.05, 0) is 45.3 Å². The van der Waals surface area contributed by atoms with E-state index in [-0.39, 0.29) is 0 Å². The molecule has 0 fully saturated rings. The molecular weight excluding hydrogens is 244 g/mol. The molecule has 1 heterocycles. The zero-order chi connectivity index (χ0) is 13.1. The minimum absolute atomic E-state index is 0.799. The summed E-state index contributed by atoms with van der Waals surface area (Å²) in [6.07, 6.45) is 1.14. The number of nitrogens with zero attached hydrogens (tertiary/aromatic N) is 3. The maximum Gasteiger partial charge on any atom is 0.186 e. The Labute approximate surface area is 112 Å². The fraction of sp³-hybridized carbons (Fsp3) is 0.462. The van der Waals surface area contributed by atoms with Crippen molar-refractivity contribution in [2.75, 3.05) is 44.9 Å². The van der Waals surface area contributed by atoms with E-state index in [2.05, 4.69) is 35.9 Å². The number of aromatic nitrogens is 1. The normalized spacial score (nSPS) is 11.3. The highest BCUT2D eigenvalue weighted by molar-refractivity contribution is 7.22. The van der Waals surface area contributed by atoms with Gasteiger partial charge in [-0.3, -0.25) is 0 Å². The number of hydrogen-bond donors (Lipinski definition) is 1. The molecule has 5 heteroatoms. The van der Waals surface area contributed by atoms with Crippen LogP contribution in [-0.2, 0) is 0 Å². The first-order chi connectivity index (χ1) is 8.56. The fourth-order valence-corrected chi connectivity index (χ4v) is 2.81. The third kappa shape index (κ3) is 3.11. The highest BCUT2D eigenvalue weighted by Gasteiger charge is 2.08. The summed E-state index contributed by atoms with van der Waals surface area (Å²) in [6.45, 7) is 2.12. The number of hydrogen-bond acceptors (Lipinski definition) is 5. The number of rotatable bonds is 5. The average Bonchev–Trinajstić information content (AvgIpc) is 2.71. The molecule has 98 valence electrons. The first-order valence-corrected chi connectivity index (χ1v) is 6.90. The molecule has 0 spiro atoms. The van der Waals surface area contributed by atoms with Gasteiger partial charge in [0.25, 0.3) is 0 Å². The number of anilines is 2. The van der Waals surface area contributed by atoms with E-state index in [1.807, 2.05) is 18.2 Å². The van der Waals surface area contributed by atoms with Gasteiger partial charge in [0.05, 0.1) is 10.2 Å². The molecule has 0 aliphatic heterocycles. The molecular formula is C13H20N4S. The summed E-state index contributed by atoms with van der Waals surface area (Å²) in [6, 6.07) is 5.88. The second-order valence-corrected chi connectivity index (χ2v) is 5.81. The molecule has 0 saturated heterocycles. The lowest BCUT2D eigenvalue weighted by Crippen LogP contribution is -2.23. The summed E-state index contributed by atoms with van der Waals surface area (Å²) < 4.78 is 1.16. The van der Waals surface area contributed by atoms with Crippen LogP contribution in [0.3, 0.4) is 0 Å². The maximum absolute atomic E-state index is 5.78. The summed E-state index contributed by atoms with van der Waals surface area (Å²) in [4.78, 5) is 9.04. The quantitative estimate of drug-likeness (QED) is 0.842. The van der Waals surface area contributed by atoms with Gasteiger partial charge in [0.15, 0.2) is 5.13 Å². The van der Waals surface area contributed by atoms with E-state index < -0.39 is 0 Å². The van der Waals surface area contributed by atoms with Crippen LogP contribution in [0.5, 0.6) is 0 Å². The molecule has 2 rings (SSSR count). The van der Waals surface area contributed by atoms with Gasteiger partial charge in [-0.15, -0.1) is 0 Å². The Balaban J connectivity index is 2.06. The SMILES string of the molecule is CN(C)CCCN(C)c1nc2ccc(N)cc2s1. The van der Waals surface area contributed by atoms with Gasteiger partial charge in [-0.25, -0.2) is 4.98 Å². The van der Waals surface area contributed by atoms with E-state index in [4.69, 9.17) is 5.73 Å². The molecule has 18 heavy (non-hydrogen) atoms. The third-order valence-corrected chi connectivity index (χ3v) is 3.96. The molecule has 0 amide bonds. The van der Waals surface area contributed by atoms with Crippen LogP contribution in [-0.4, -0.2) is 44.1 Å². The monoisotopic (exact) mass is 264 g/mol. The summed E-state index contributed by atoms with van der Waals surface area (Å²) in [7, 11) is 6.29. The van der Waals surface area contributed by atoms with Gasteiger partial charge < -0.3 is 15.5 Å². The minimum atomic E-state index is 0.799. The van der Waals surface area contributed by atoms with Crippen molar-refractivity contribution in [3.8, 4) is 0 Å². The summed E-state index contributed by atoms with van der Waals surface area (Å²) in [5.41, 5.74) is 7.61.